The van der Waals surface area contributed by atoms with Crippen LogP contribution in [0, 0.1) is 5.92 Å². The van der Waals surface area contributed by atoms with Gasteiger partial charge in [0, 0.05) is 12.3 Å². The van der Waals surface area contributed by atoms with Crippen LogP contribution >= 0.6 is 0 Å². The molecule has 0 aliphatic heterocycles. The van der Waals surface area contributed by atoms with E-state index in [-0.39, 0.29) is 29.7 Å². The van der Waals surface area contributed by atoms with E-state index in [0.29, 0.717) is 23.1 Å². The first-order chi connectivity index (χ1) is 16.5. The molecule has 1 heterocycles. The number of rotatable bonds is 8. The third-order valence-corrected chi connectivity index (χ3v) is 5.59. The van der Waals surface area contributed by atoms with Gasteiger partial charge in [0.2, 0.25) is 11.8 Å². The standard InChI is InChI=1S/C27H26N2O5/c1-18-6-2-5-9-24(18)33-20-11-13-21(14-12-20)34-26-15-10-19(17-28-26)16-25(30)29-23-8-4-3-7-22(23)27(31)32/h3-5,7-15,17-18,24H,2,6,16H2,1H3,(H,29,30)(H,31,32). The molecular formula is C27H26N2O5. The largest absolute Gasteiger partial charge is 0.486 e. The van der Waals surface area contributed by atoms with E-state index in [2.05, 4.69) is 29.4 Å². The van der Waals surface area contributed by atoms with Crippen molar-refractivity contribution >= 4 is 17.6 Å². The highest BCUT2D eigenvalue weighted by molar-refractivity contribution is 6.00. The van der Waals surface area contributed by atoms with Gasteiger partial charge in [0.25, 0.3) is 0 Å². The number of pyridine rings is 1. The van der Waals surface area contributed by atoms with E-state index in [0.717, 1.165) is 18.6 Å². The maximum absolute atomic E-state index is 12.3. The van der Waals surface area contributed by atoms with Gasteiger partial charge < -0.3 is 19.9 Å². The molecule has 4 rings (SSSR count). The number of carboxylic acids is 1. The van der Waals surface area contributed by atoms with Crippen molar-refractivity contribution in [1.82, 2.24) is 4.98 Å². The molecule has 1 aliphatic carbocycles. The fourth-order valence-corrected chi connectivity index (χ4v) is 3.70. The Balaban J connectivity index is 1.31. The summed E-state index contributed by atoms with van der Waals surface area (Å²) in [6.45, 7) is 2.19. The fourth-order valence-electron chi connectivity index (χ4n) is 3.70. The van der Waals surface area contributed by atoms with E-state index in [1.54, 1.807) is 36.5 Å². The number of nitrogens with one attached hydrogen (secondary N) is 1. The summed E-state index contributed by atoms with van der Waals surface area (Å²) in [5.74, 6) is 0.869. The van der Waals surface area contributed by atoms with E-state index < -0.39 is 5.97 Å². The number of carbonyl (C=O) groups excluding carboxylic acids is 1. The summed E-state index contributed by atoms with van der Waals surface area (Å²) in [6.07, 6.45) is 8.22. The Morgan fingerprint density at radius 1 is 1.06 bits per heavy atom. The molecule has 1 aromatic heterocycles. The van der Waals surface area contributed by atoms with E-state index in [1.807, 2.05) is 24.3 Å². The Labute approximate surface area is 198 Å². The number of aromatic nitrogens is 1. The summed E-state index contributed by atoms with van der Waals surface area (Å²) in [4.78, 5) is 27.9. The Kier molecular flexibility index (Phi) is 7.22. The van der Waals surface area contributed by atoms with Crippen molar-refractivity contribution < 1.29 is 24.2 Å². The predicted octanol–water partition coefficient (Wildman–Crippen LogP) is 5.49. The number of ether oxygens (including phenoxy) is 2. The monoisotopic (exact) mass is 458 g/mol. The van der Waals surface area contributed by atoms with Gasteiger partial charge in [-0.05, 0) is 66.8 Å². The summed E-state index contributed by atoms with van der Waals surface area (Å²) in [6, 6.07) is 17.1. The van der Waals surface area contributed by atoms with Crippen molar-refractivity contribution in [3.8, 4) is 17.4 Å². The normalized spacial score (nSPS) is 17.1. The lowest BCUT2D eigenvalue weighted by Gasteiger charge is -2.25. The zero-order valence-corrected chi connectivity index (χ0v) is 18.8. The van der Waals surface area contributed by atoms with Crippen LogP contribution in [0.25, 0.3) is 0 Å². The smallest absolute Gasteiger partial charge is 0.337 e. The van der Waals surface area contributed by atoms with Gasteiger partial charge in [-0.3, -0.25) is 4.79 Å². The van der Waals surface area contributed by atoms with Crippen molar-refractivity contribution in [2.24, 2.45) is 5.92 Å². The molecule has 7 nitrogen and oxygen atoms in total. The van der Waals surface area contributed by atoms with Gasteiger partial charge >= 0.3 is 5.97 Å². The number of hydrogen-bond acceptors (Lipinski definition) is 5. The number of para-hydroxylation sites is 1. The molecule has 0 saturated carbocycles. The first kappa shape index (κ1) is 23.0. The minimum atomic E-state index is -1.10. The highest BCUT2D eigenvalue weighted by Crippen LogP contribution is 2.27. The highest BCUT2D eigenvalue weighted by Gasteiger charge is 2.18. The number of carbonyl (C=O) groups is 2. The highest BCUT2D eigenvalue weighted by atomic mass is 16.5. The lowest BCUT2D eigenvalue weighted by molar-refractivity contribution is -0.115. The molecule has 0 fully saturated rings. The summed E-state index contributed by atoms with van der Waals surface area (Å²) >= 11 is 0. The molecule has 0 radical (unpaired) electrons. The Morgan fingerprint density at radius 3 is 2.53 bits per heavy atom. The second-order valence-electron chi connectivity index (χ2n) is 8.22. The first-order valence-corrected chi connectivity index (χ1v) is 11.2. The maximum Gasteiger partial charge on any atom is 0.337 e. The Morgan fingerprint density at radius 2 is 1.82 bits per heavy atom. The van der Waals surface area contributed by atoms with Gasteiger partial charge in [0.05, 0.1) is 17.7 Å². The molecule has 1 aliphatic rings. The lowest BCUT2D eigenvalue weighted by atomic mass is 9.93. The number of allylic oxidation sites excluding steroid dienone is 1. The Hall–Kier alpha value is -4.13. The van der Waals surface area contributed by atoms with E-state index in [4.69, 9.17) is 9.47 Å². The van der Waals surface area contributed by atoms with Gasteiger partial charge in [-0.25, -0.2) is 9.78 Å². The van der Waals surface area contributed by atoms with E-state index in [1.165, 1.54) is 6.07 Å². The third kappa shape index (κ3) is 6.01. The van der Waals surface area contributed by atoms with Crippen LogP contribution in [0.5, 0.6) is 17.4 Å². The number of hydrogen-bond donors (Lipinski definition) is 2. The zero-order chi connectivity index (χ0) is 23.9. The molecule has 7 heteroatoms. The van der Waals surface area contributed by atoms with Crippen LogP contribution in [0.15, 0.2) is 79.0 Å². The molecule has 0 saturated heterocycles. The average Bonchev–Trinajstić information content (AvgIpc) is 2.83. The average molecular weight is 459 g/mol. The summed E-state index contributed by atoms with van der Waals surface area (Å²) in [5, 5.41) is 11.9. The third-order valence-electron chi connectivity index (χ3n) is 5.59. The zero-order valence-electron chi connectivity index (χ0n) is 18.8. The molecule has 0 bridgehead atoms. The number of aromatic carboxylic acids is 1. The minimum Gasteiger partial charge on any atom is -0.486 e. The van der Waals surface area contributed by atoms with Crippen LogP contribution in [0.4, 0.5) is 5.69 Å². The van der Waals surface area contributed by atoms with Crippen molar-refractivity contribution in [3.05, 3.63) is 90.1 Å². The SMILES string of the molecule is CC1CCC=CC1Oc1ccc(Oc2ccc(CC(=O)Nc3ccccc3C(=O)O)cn2)cc1. The summed E-state index contributed by atoms with van der Waals surface area (Å²) < 4.78 is 11.9. The second-order valence-corrected chi connectivity index (χ2v) is 8.22. The fraction of sp³-hybridized carbons (Fsp3) is 0.222. The van der Waals surface area contributed by atoms with Gasteiger partial charge in [0.1, 0.15) is 17.6 Å². The van der Waals surface area contributed by atoms with Gasteiger partial charge in [-0.15, -0.1) is 0 Å². The maximum atomic E-state index is 12.3. The topological polar surface area (TPSA) is 97.8 Å². The first-order valence-electron chi connectivity index (χ1n) is 11.2. The predicted molar refractivity (Wildman–Crippen MR) is 128 cm³/mol. The van der Waals surface area contributed by atoms with Gasteiger partial charge in [-0.1, -0.05) is 31.2 Å². The molecule has 2 unspecified atom stereocenters. The molecule has 2 aromatic carbocycles. The summed E-state index contributed by atoms with van der Waals surface area (Å²) in [7, 11) is 0. The minimum absolute atomic E-state index is 0.0406. The molecular weight excluding hydrogens is 432 g/mol. The second kappa shape index (κ2) is 10.7. The molecule has 2 N–H and O–H groups in total. The number of carboxylic acid groups (broad SMARTS) is 1. The van der Waals surface area contributed by atoms with Crippen molar-refractivity contribution in [2.75, 3.05) is 5.32 Å². The molecule has 1 amide bonds. The van der Waals surface area contributed by atoms with Crippen LogP contribution < -0.4 is 14.8 Å². The van der Waals surface area contributed by atoms with Crippen molar-refractivity contribution in [3.63, 3.8) is 0 Å². The van der Waals surface area contributed by atoms with Crippen LogP contribution in [0.1, 0.15) is 35.7 Å². The number of nitrogens with zero attached hydrogens (tertiary/aromatic N) is 1. The van der Waals surface area contributed by atoms with Crippen LogP contribution in [0.2, 0.25) is 0 Å². The molecule has 0 spiro atoms. The van der Waals surface area contributed by atoms with E-state index >= 15 is 0 Å². The van der Waals surface area contributed by atoms with Crippen LogP contribution in [0.3, 0.4) is 0 Å². The van der Waals surface area contributed by atoms with Crippen LogP contribution in [-0.2, 0) is 11.2 Å². The lowest BCUT2D eigenvalue weighted by Crippen LogP contribution is -2.24. The van der Waals surface area contributed by atoms with Crippen molar-refractivity contribution in [2.45, 2.75) is 32.3 Å². The van der Waals surface area contributed by atoms with E-state index in [9.17, 15) is 14.7 Å². The molecule has 174 valence electrons. The number of benzene rings is 2. The van der Waals surface area contributed by atoms with Gasteiger partial charge in [-0.2, -0.15) is 0 Å². The van der Waals surface area contributed by atoms with Crippen molar-refractivity contribution in [1.29, 1.82) is 0 Å². The molecule has 3 aromatic rings. The Bertz CT molecular complexity index is 1170. The number of anilines is 1. The molecule has 2 atom stereocenters. The molecule has 34 heavy (non-hydrogen) atoms. The van der Waals surface area contributed by atoms with Gasteiger partial charge in [0.15, 0.2) is 0 Å². The van der Waals surface area contributed by atoms with Crippen LogP contribution in [-0.4, -0.2) is 28.1 Å². The quantitative estimate of drug-likeness (QED) is 0.434. The summed E-state index contributed by atoms with van der Waals surface area (Å²) in [5.41, 5.74) is 0.976. The number of amides is 1.